The van der Waals surface area contributed by atoms with Gasteiger partial charge in [0.2, 0.25) is 0 Å². The Morgan fingerprint density at radius 2 is 2.19 bits per heavy atom. The van der Waals surface area contributed by atoms with Gasteiger partial charge in [-0.1, -0.05) is 23.7 Å². The zero-order chi connectivity index (χ0) is 14.4. The Kier molecular flexibility index (Phi) is 3.48. The summed E-state index contributed by atoms with van der Waals surface area (Å²) in [7, 11) is 0. The van der Waals surface area contributed by atoms with Crippen LogP contribution in [-0.4, -0.2) is 11.0 Å². The molecule has 0 bridgehead atoms. The largest absolute Gasteiger partial charge is 0.301 e. The van der Waals surface area contributed by atoms with Gasteiger partial charge in [-0.25, -0.2) is 9.37 Å². The number of aryl methyl sites for hydroxylation is 2. The minimum atomic E-state index is -0.326. The van der Waals surface area contributed by atoms with Gasteiger partial charge in [-0.15, -0.1) is 11.3 Å². The van der Waals surface area contributed by atoms with Crippen molar-refractivity contribution < 1.29 is 4.39 Å². The Labute approximate surface area is 132 Å². The topological polar surface area (TPSA) is 24.9 Å². The molecule has 1 atom stereocenters. The molecule has 0 aliphatic heterocycles. The van der Waals surface area contributed by atoms with E-state index >= 15 is 0 Å². The number of nitrogens with zero attached hydrogens (tertiary/aromatic N) is 1. The first kappa shape index (κ1) is 13.7. The maximum atomic E-state index is 14.4. The molecule has 5 heteroatoms. The van der Waals surface area contributed by atoms with Gasteiger partial charge in [-0.2, -0.15) is 0 Å². The molecular weight excluding hydrogens is 307 g/mol. The first-order valence-corrected chi connectivity index (χ1v) is 8.60. The summed E-state index contributed by atoms with van der Waals surface area (Å²) in [5, 5.41) is 4.69. The average Bonchev–Trinajstić information content (AvgIpc) is 3.03. The minimum Gasteiger partial charge on any atom is -0.301 e. The number of hydrogen-bond acceptors (Lipinski definition) is 3. The molecule has 1 fully saturated rings. The monoisotopic (exact) mass is 322 g/mol. The summed E-state index contributed by atoms with van der Waals surface area (Å²) < 4.78 is 14.4. The molecule has 2 aromatic rings. The van der Waals surface area contributed by atoms with Crippen molar-refractivity contribution in [3.8, 4) is 0 Å². The van der Waals surface area contributed by atoms with Crippen molar-refractivity contribution in [1.29, 1.82) is 0 Å². The summed E-state index contributed by atoms with van der Waals surface area (Å²) in [4.78, 5) is 6.14. The number of aromatic nitrogens is 1. The van der Waals surface area contributed by atoms with Gasteiger partial charge >= 0.3 is 0 Å². The lowest BCUT2D eigenvalue weighted by Crippen LogP contribution is -2.25. The number of hydrogen-bond donors (Lipinski definition) is 1. The molecule has 0 amide bonds. The predicted molar refractivity (Wildman–Crippen MR) is 83.5 cm³/mol. The Morgan fingerprint density at radius 1 is 1.33 bits per heavy atom. The highest BCUT2D eigenvalue weighted by Gasteiger charge is 2.31. The molecule has 4 rings (SSSR count). The molecule has 0 radical (unpaired) electrons. The second kappa shape index (κ2) is 5.34. The van der Waals surface area contributed by atoms with Crippen LogP contribution in [0.1, 0.15) is 46.4 Å². The van der Waals surface area contributed by atoms with Crippen LogP contribution in [0.5, 0.6) is 0 Å². The summed E-state index contributed by atoms with van der Waals surface area (Å²) in [5.41, 5.74) is 1.82. The van der Waals surface area contributed by atoms with Crippen molar-refractivity contribution in [3.63, 3.8) is 0 Å². The maximum Gasteiger partial charge on any atom is 0.146 e. The van der Waals surface area contributed by atoms with Gasteiger partial charge in [0, 0.05) is 16.5 Å². The van der Waals surface area contributed by atoms with Crippen molar-refractivity contribution >= 4 is 22.9 Å². The fourth-order valence-electron chi connectivity index (χ4n) is 2.86. The molecule has 1 unspecified atom stereocenters. The van der Waals surface area contributed by atoms with Crippen molar-refractivity contribution in [2.24, 2.45) is 0 Å². The van der Waals surface area contributed by atoms with E-state index in [1.807, 2.05) is 12.1 Å². The lowest BCUT2D eigenvalue weighted by molar-refractivity contribution is 0.544. The van der Waals surface area contributed by atoms with Crippen LogP contribution in [0.2, 0.25) is 5.02 Å². The van der Waals surface area contributed by atoms with E-state index in [1.165, 1.54) is 17.0 Å². The van der Waals surface area contributed by atoms with Crippen LogP contribution in [-0.2, 0) is 12.8 Å². The normalized spacial score (nSPS) is 18.8. The van der Waals surface area contributed by atoms with Gasteiger partial charge in [-0.3, -0.25) is 0 Å². The van der Waals surface area contributed by atoms with Crippen LogP contribution in [0.4, 0.5) is 4.39 Å². The first-order valence-electron chi connectivity index (χ1n) is 7.41. The third-order valence-electron chi connectivity index (χ3n) is 4.13. The number of nitrogens with one attached hydrogen (secondary N) is 1. The molecule has 1 saturated carbocycles. The lowest BCUT2D eigenvalue weighted by atomic mass is 10.1. The molecule has 1 aromatic heterocycles. The molecule has 110 valence electrons. The van der Waals surface area contributed by atoms with Gasteiger partial charge in [0.1, 0.15) is 10.8 Å². The highest BCUT2D eigenvalue weighted by Crippen LogP contribution is 2.37. The van der Waals surface area contributed by atoms with E-state index in [1.54, 1.807) is 17.4 Å². The summed E-state index contributed by atoms with van der Waals surface area (Å²) in [6.45, 7) is 0. The van der Waals surface area contributed by atoms with Crippen molar-refractivity contribution in [2.45, 2.75) is 44.2 Å². The predicted octanol–water partition coefficient (Wildman–Crippen LogP) is 4.27. The Balaban J connectivity index is 1.74. The van der Waals surface area contributed by atoms with Gasteiger partial charge in [0.15, 0.2) is 0 Å². The van der Waals surface area contributed by atoms with Crippen LogP contribution >= 0.6 is 22.9 Å². The van der Waals surface area contributed by atoms with Crippen LogP contribution < -0.4 is 5.32 Å². The van der Waals surface area contributed by atoms with E-state index in [9.17, 15) is 4.39 Å². The van der Waals surface area contributed by atoms with Crippen molar-refractivity contribution in [1.82, 2.24) is 10.3 Å². The number of rotatable bonds is 4. The van der Waals surface area contributed by atoms with Crippen LogP contribution in [0.15, 0.2) is 18.2 Å². The maximum absolute atomic E-state index is 14.4. The zero-order valence-electron chi connectivity index (χ0n) is 11.5. The van der Waals surface area contributed by atoms with Crippen LogP contribution in [0.25, 0.3) is 0 Å². The number of thiazole rings is 1. The standard InChI is InChI=1S/C16H16ClFN2S/c17-11-4-1-3-10(14(11)18)15(19-9-7-8-9)16-20-12-5-2-6-13(12)21-16/h1,3-4,9,15,19H,2,5-8H2. The minimum absolute atomic E-state index is 0.174. The van der Waals surface area contributed by atoms with Gasteiger partial charge in [-0.05, 0) is 38.2 Å². The fraction of sp³-hybridized carbons (Fsp3) is 0.438. The molecule has 2 aliphatic rings. The van der Waals surface area contributed by atoms with Crippen molar-refractivity contribution in [2.75, 3.05) is 0 Å². The Bertz CT molecular complexity index is 659. The Hall–Kier alpha value is -0.970. The SMILES string of the molecule is Fc1c(Cl)cccc1C(NC1CC1)c1nc2c(s1)CCC2. The number of benzene rings is 1. The fourth-order valence-corrected chi connectivity index (χ4v) is 4.27. The van der Waals surface area contributed by atoms with E-state index in [0.29, 0.717) is 11.6 Å². The molecule has 0 spiro atoms. The van der Waals surface area contributed by atoms with E-state index in [2.05, 4.69) is 5.32 Å². The Morgan fingerprint density at radius 3 is 2.95 bits per heavy atom. The molecule has 1 aromatic carbocycles. The van der Waals surface area contributed by atoms with Crippen molar-refractivity contribution in [3.05, 3.63) is 50.2 Å². The zero-order valence-corrected chi connectivity index (χ0v) is 13.1. The molecule has 21 heavy (non-hydrogen) atoms. The molecule has 1 heterocycles. The molecule has 0 saturated heterocycles. The lowest BCUT2D eigenvalue weighted by Gasteiger charge is -2.18. The third kappa shape index (κ3) is 2.60. The quantitative estimate of drug-likeness (QED) is 0.909. The van der Waals surface area contributed by atoms with Gasteiger partial charge in [0.05, 0.1) is 16.8 Å². The first-order chi connectivity index (χ1) is 10.2. The average molecular weight is 323 g/mol. The van der Waals surface area contributed by atoms with Gasteiger partial charge < -0.3 is 5.32 Å². The van der Waals surface area contributed by atoms with Crippen LogP contribution in [0.3, 0.4) is 0 Å². The number of halogens is 2. The molecule has 2 aliphatic carbocycles. The van der Waals surface area contributed by atoms with Crippen LogP contribution in [0, 0.1) is 5.82 Å². The summed E-state index contributed by atoms with van der Waals surface area (Å²) in [6.07, 6.45) is 5.68. The second-order valence-corrected chi connectivity index (χ2v) is 7.31. The highest BCUT2D eigenvalue weighted by atomic mass is 35.5. The summed E-state index contributed by atoms with van der Waals surface area (Å²) in [5.74, 6) is -0.326. The van der Waals surface area contributed by atoms with E-state index in [4.69, 9.17) is 16.6 Å². The highest BCUT2D eigenvalue weighted by molar-refractivity contribution is 7.11. The van der Waals surface area contributed by atoms with E-state index in [0.717, 1.165) is 30.7 Å². The van der Waals surface area contributed by atoms with E-state index in [-0.39, 0.29) is 16.9 Å². The smallest absolute Gasteiger partial charge is 0.146 e. The third-order valence-corrected chi connectivity index (χ3v) is 5.65. The molecule has 1 N–H and O–H groups in total. The molecular formula is C16H16ClFN2S. The number of fused-ring (bicyclic) bond motifs is 1. The van der Waals surface area contributed by atoms with Gasteiger partial charge in [0.25, 0.3) is 0 Å². The second-order valence-electron chi connectivity index (χ2n) is 5.79. The summed E-state index contributed by atoms with van der Waals surface area (Å²) in [6, 6.07) is 5.52. The molecule has 2 nitrogen and oxygen atoms in total. The summed E-state index contributed by atoms with van der Waals surface area (Å²) >= 11 is 7.68. The van der Waals surface area contributed by atoms with E-state index < -0.39 is 0 Å².